The van der Waals surface area contributed by atoms with Crippen molar-refractivity contribution in [2.24, 2.45) is 0 Å². The molecule has 0 heterocycles. The molecule has 1 unspecified atom stereocenters. The van der Waals surface area contributed by atoms with Crippen LogP contribution in [0.4, 0.5) is 0 Å². The van der Waals surface area contributed by atoms with E-state index in [-0.39, 0.29) is 17.1 Å². The molecule has 0 bridgehead atoms. The molecular formula is C6H14MnO12P2. The van der Waals surface area contributed by atoms with Crippen molar-refractivity contribution in [2.75, 3.05) is 13.2 Å². The van der Waals surface area contributed by atoms with Crippen molar-refractivity contribution in [3.63, 3.8) is 0 Å². The Morgan fingerprint density at radius 3 is 1.95 bits per heavy atom. The van der Waals surface area contributed by atoms with E-state index in [4.69, 9.17) is 30.0 Å². The summed E-state index contributed by atoms with van der Waals surface area (Å²) in [6, 6.07) is 0. The average Bonchev–Trinajstić information content (AvgIpc) is 2.30. The topological polar surface area (TPSA) is 211 Å². The molecule has 0 spiro atoms. The van der Waals surface area contributed by atoms with Gasteiger partial charge in [0.05, 0.1) is 6.61 Å². The third-order valence-corrected chi connectivity index (χ3v) is 3.95. The Balaban J connectivity index is 0. The number of rotatable bonds is 9. The first-order chi connectivity index (χ1) is 8.89. The van der Waals surface area contributed by atoms with Crippen LogP contribution in [0.3, 0.4) is 0 Å². The number of hydrogen-bond acceptors (Lipinski definition) is 9. The molecule has 21 heavy (non-hydrogen) atoms. The van der Waals surface area contributed by atoms with Gasteiger partial charge in [-0.1, -0.05) is 0 Å². The standard InChI is InChI=1S/C6H14O12P2.Mn/c7-1-3(8)5(10)6(11)4(9)2-17-20(15,16)18-19(12,13)14;/h3,5-8,10-11H,1-2H2,(H,15,16)(H2,12,13,14);/t3-,5-,6-;/m1./s1. The van der Waals surface area contributed by atoms with Crippen LogP contribution in [0.2, 0.25) is 0 Å². The fraction of sp³-hybridized carbons (Fsp3) is 0.833. The van der Waals surface area contributed by atoms with Crippen molar-refractivity contribution in [1.29, 1.82) is 0 Å². The summed E-state index contributed by atoms with van der Waals surface area (Å²) in [5, 5.41) is 35.8. The number of phosphoric acid groups is 2. The molecule has 0 aromatic heterocycles. The Bertz CT molecular complexity index is 422. The van der Waals surface area contributed by atoms with Gasteiger partial charge in [0.2, 0.25) is 0 Å². The number of aliphatic hydroxyl groups excluding tert-OH is 4. The molecule has 0 fully saturated rings. The molecule has 127 valence electrons. The van der Waals surface area contributed by atoms with E-state index in [2.05, 4.69) is 8.83 Å². The zero-order chi connectivity index (χ0) is 16.1. The van der Waals surface area contributed by atoms with Gasteiger partial charge in [0.1, 0.15) is 24.9 Å². The number of carbonyl (C=O) groups is 1. The van der Waals surface area contributed by atoms with Gasteiger partial charge in [-0.25, -0.2) is 9.13 Å². The van der Waals surface area contributed by atoms with Gasteiger partial charge in [-0.15, -0.1) is 0 Å². The third-order valence-electron chi connectivity index (χ3n) is 1.81. The SMILES string of the molecule is O=C(COP(=O)(O)OP(=O)(O)O)[C@@H](O)[C@H](O)[C@H](O)CO.[Mn]. The summed E-state index contributed by atoms with van der Waals surface area (Å²) in [7, 11) is -10.6. The van der Waals surface area contributed by atoms with Crippen LogP contribution >= 0.6 is 15.6 Å². The Morgan fingerprint density at radius 2 is 1.57 bits per heavy atom. The van der Waals surface area contributed by atoms with Gasteiger partial charge in [-0.3, -0.25) is 9.32 Å². The summed E-state index contributed by atoms with van der Waals surface area (Å²) in [4.78, 5) is 36.5. The summed E-state index contributed by atoms with van der Waals surface area (Å²) >= 11 is 0. The number of phosphoric ester groups is 1. The summed E-state index contributed by atoms with van der Waals surface area (Å²) in [6.07, 6.45) is -6.19. The first-order valence-electron chi connectivity index (χ1n) is 4.81. The van der Waals surface area contributed by atoms with E-state index in [1.807, 2.05) is 0 Å². The third kappa shape index (κ3) is 9.82. The predicted molar refractivity (Wildman–Crippen MR) is 59.0 cm³/mol. The maximum absolute atomic E-state index is 11.2. The molecule has 0 saturated heterocycles. The molecule has 0 amide bonds. The van der Waals surface area contributed by atoms with E-state index in [0.29, 0.717) is 0 Å². The fourth-order valence-electron chi connectivity index (χ4n) is 0.897. The Labute approximate surface area is 128 Å². The number of ketones is 1. The molecule has 0 aliphatic carbocycles. The van der Waals surface area contributed by atoms with Gasteiger partial charge < -0.3 is 35.1 Å². The van der Waals surface area contributed by atoms with E-state index in [0.717, 1.165) is 0 Å². The number of aliphatic hydroxyl groups is 4. The Hall–Kier alpha value is 0.289. The van der Waals surface area contributed by atoms with Crippen molar-refractivity contribution < 1.29 is 74.9 Å². The largest absolute Gasteiger partial charge is 0.481 e. The van der Waals surface area contributed by atoms with E-state index < -0.39 is 53.0 Å². The van der Waals surface area contributed by atoms with E-state index in [1.165, 1.54) is 0 Å². The maximum Gasteiger partial charge on any atom is 0.481 e. The van der Waals surface area contributed by atoms with Crippen molar-refractivity contribution in [3.05, 3.63) is 0 Å². The molecule has 1 radical (unpaired) electrons. The van der Waals surface area contributed by atoms with Crippen LogP contribution in [0, 0.1) is 0 Å². The molecule has 0 rings (SSSR count). The van der Waals surface area contributed by atoms with Gasteiger partial charge in [0.25, 0.3) is 0 Å². The van der Waals surface area contributed by atoms with Crippen LogP contribution in [0.25, 0.3) is 0 Å². The van der Waals surface area contributed by atoms with Crippen LogP contribution in [0.15, 0.2) is 0 Å². The van der Waals surface area contributed by atoms with Gasteiger partial charge in [0, 0.05) is 17.1 Å². The first kappa shape index (κ1) is 23.6. The minimum absolute atomic E-state index is 0. The zero-order valence-electron chi connectivity index (χ0n) is 10.1. The van der Waals surface area contributed by atoms with Gasteiger partial charge in [-0.2, -0.15) is 4.31 Å². The smallest absolute Gasteiger partial charge is 0.394 e. The Kier molecular flexibility index (Phi) is 10.6. The summed E-state index contributed by atoms with van der Waals surface area (Å²) in [5.41, 5.74) is 0. The van der Waals surface area contributed by atoms with Gasteiger partial charge in [0.15, 0.2) is 5.78 Å². The van der Waals surface area contributed by atoms with Crippen molar-refractivity contribution in [3.8, 4) is 0 Å². The average molecular weight is 395 g/mol. The molecule has 4 atom stereocenters. The normalized spacial score (nSPS) is 19.0. The molecule has 0 saturated carbocycles. The van der Waals surface area contributed by atoms with Crippen molar-refractivity contribution in [1.82, 2.24) is 0 Å². The van der Waals surface area contributed by atoms with Crippen molar-refractivity contribution >= 4 is 21.4 Å². The van der Waals surface area contributed by atoms with E-state index in [1.54, 1.807) is 0 Å². The second kappa shape index (κ2) is 9.43. The number of carbonyl (C=O) groups excluding carboxylic acids is 1. The first-order valence-corrected chi connectivity index (χ1v) is 7.84. The van der Waals surface area contributed by atoms with E-state index in [9.17, 15) is 19.0 Å². The monoisotopic (exact) mass is 395 g/mol. The van der Waals surface area contributed by atoms with E-state index >= 15 is 0 Å². The molecule has 0 aromatic carbocycles. The number of Topliss-reactive ketones (excluding diaryl/α,β-unsaturated/α-hetero) is 1. The predicted octanol–water partition coefficient (Wildman–Crippen LogP) is -3.15. The quantitative estimate of drug-likeness (QED) is 0.152. The molecule has 12 nitrogen and oxygen atoms in total. The Morgan fingerprint density at radius 1 is 1.10 bits per heavy atom. The summed E-state index contributed by atoms with van der Waals surface area (Å²) in [6.45, 7) is -2.31. The minimum atomic E-state index is -5.34. The van der Waals surface area contributed by atoms with Gasteiger partial charge >= 0.3 is 15.6 Å². The summed E-state index contributed by atoms with van der Waals surface area (Å²) in [5.74, 6) is -1.39. The van der Waals surface area contributed by atoms with Crippen LogP contribution in [-0.4, -0.2) is 72.4 Å². The second-order valence-corrected chi connectivity index (χ2v) is 6.30. The summed E-state index contributed by atoms with van der Waals surface area (Å²) < 4.78 is 28.5. The van der Waals surface area contributed by atoms with Crippen LogP contribution in [0.1, 0.15) is 0 Å². The molecule has 7 N–H and O–H groups in total. The van der Waals surface area contributed by atoms with Gasteiger partial charge in [-0.05, 0) is 0 Å². The second-order valence-electron chi connectivity index (χ2n) is 3.47. The fourth-order valence-corrected chi connectivity index (χ4v) is 2.45. The molecular weight excluding hydrogens is 381 g/mol. The minimum Gasteiger partial charge on any atom is -0.394 e. The maximum atomic E-state index is 11.2. The zero-order valence-corrected chi connectivity index (χ0v) is 13.1. The molecule has 0 aliphatic heterocycles. The molecule has 0 aliphatic rings. The molecule has 0 aromatic rings. The van der Waals surface area contributed by atoms with Crippen LogP contribution in [0.5, 0.6) is 0 Å². The number of hydrogen-bond donors (Lipinski definition) is 7. The van der Waals surface area contributed by atoms with Crippen LogP contribution < -0.4 is 0 Å². The van der Waals surface area contributed by atoms with Crippen LogP contribution in [-0.2, 0) is 39.8 Å². The molecule has 15 heteroatoms. The van der Waals surface area contributed by atoms with Crippen molar-refractivity contribution in [2.45, 2.75) is 18.3 Å².